The van der Waals surface area contributed by atoms with Crippen LogP contribution in [0.25, 0.3) is 0 Å². The molecule has 3 aromatic rings. The first kappa shape index (κ1) is 15.9. The predicted octanol–water partition coefficient (Wildman–Crippen LogP) is 3.34. The van der Waals surface area contributed by atoms with Crippen molar-refractivity contribution in [3.05, 3.63) is 66.4 Å². The number of nitrogens with zero attached hydrogens (tertiary/aromatic N) is 2. The summed E-state index contributed by atoms with van der Waals surface area (Å²) in [6.07, 6.45) is 4.10. The molecule has 2 N–H and O–H groups in total. The van der Waals surface area contributed by atoms with E-state index in [1.165, 1.54) is 5.56 Å². The molecule has 6 nitrogen and oxygen atoms in total. The van der Waals surface area contributed by atoms with Crippen molar-refractivity contribution in [3.8, 4) is 5.75 Å². The smallest absolute Gasteiger partial charge is 0.131 e. The standard InChI is InChI=1S/C18H20N4O2/c1-23-15-6-4-14(5-7-15)8-9-19-17-11-18(22-13-21-17)20-12-16-3-2-10-24-16/h2-7,10-11,13H,8-9,12H2,1H3,(H2,19,20,21,22). The molecule has 124 valence electrons. The van der Waals surface area contributed by atoms with Crippen molar-refractivity contribution in [1.82, 2.24) is 9.97 Å². The molecule has 0 amide bonds. The van der Waals surface area contributed by atoms with Gasteiger partial charge in [0.2, 0.25) is 0 Å². The highest BCUT2D eigenvalue weighted by Crippen LogP contribution is 2.13. The first-order chi connectivity index (χ1) is 11.8. The fourth-order valence-electron chi connectivity index (χ4n) is 2.27. The Morgan fingerprint density at radius 1 is 1.04 bits per heavy atom. The maximum Gasteiger partial charge on any atom is 0.131 e. The Labute approximate surface area is 140 Å². The van der Waals surface area contributed by atoms with E-state index in [2.05, 4.69) is 32.7 Å². The van der Waals surface area contributed by atoms with Gasteiger partial charge in [-0.3, -0.25) is 0 Å². The molecule has 1 aromatic carbocycles. The molecule has 0 aliphatic carbocycles. The third-order valence-corrected chi connectivity index (χ3v) is 3.57. The van der Waals surface area contributed by atoms with Gasteiger partial charge >= 0.3 is 0 Å². The zero-order valence-electron chi connectivity index (χ0n) is 13.5. The van der Waals surface area contributed by atoms with Crippen LogP contribution in [-0.2, 0) is 13.0 Å². The van der Waals surface area contributed by atoms with Gasteiger partial charge < -0.3 is 19.8 Å². The molecule has 2 heterocycles. The second kappa shape index (κ2) is 8.01. The summed E-state index contributed by atoms with van der Waals surface area (Å²) in [5.41, 5.74) is 1.24. The normalized spacial score (nSPS) is 10.4. The van der Waals surface area contributed by atoms with Crippen molar-refractivity contribution in [2.75, 3.05) is 24.3 Å². The number of hydrogen-bond acceptors (Lipinski definition) is 6. The van der Waals surface area contributed by atoms with E-state index in [9.17, 15) is 0 Å². The number of methoxy groups -OCH3 is 1. The number of benzene rings is 1. The fraction of sp³-hybridized carbons (Fsp3) is 0.222. The highest BCUT2D eigenvalue weighted by molar-refractivity contribution is 5.46. The van der Waals surface area contributed by atoms with E-state index in [0.717, 1.165) is 36.1 Å². The fourth-order valence-corrected chi connectivity index (χ4v) is 2.27. The lowest BCUT2D eigenvalue weighted by atomic mass is 10.1. The van der Waals surface area contributed by atoms with Gasteiger partial charge in [-0.1, -0.05) is 12.1 Å². The van der Waals surface area contributed by atoms with E-state index >= 15 is 0 Å². The largest absolute Gasteiger partial charge is 0.497 e. The van der Waals surface area contributed by atoms with Crippen LogP contribution in [-0.4, -0.2) is 23.6 Å². The minimum absolute atomic E-state index is 0.593. The molecule has 0 bridgehead atoms. The zero-order valence-corrected chi connectivity index (χ0v) is 13.5. The number of furan rings is 1. The maximum absolute atomic E-state index is 5.29. The number of rotatable bonds is 8. The third-order valence-electron chi connectivity index (χ3n) is 3.57. The van der Waals surface area contributed by atoms with Crippen LogP contribution in [0.4, 0.5) is 11.6 Å². The number of ether oxygens (including phenoxy) is 1. The first-order valence-corrected chi connectivity index (χ1v) is 7.78. The summed E-state index contributed by atoms with van der Waals surface area (Å²) in [4.78, 5) is 8.44. The lowest BCUT2D eigenvalue weighted by molar-refractivity contribution is 0.414. The molecule has 0 radical (unpaired) electrons. The number of hydrogen-bond donors (Lipinski definition) is 2. The zero-order chi connectivity index (χ0) is 16.6. The summed E-state index contributed by atoms with van der Waals surface area (Å²) in [6, 6.07) is 13.7. The summed E-state index contributed by atoms with van der Waals surface area (Å²) in [5.74, 6) is 3.28. The van der Waals surface area contributed by atoms with Crippen molar-refractivity contribution in [2.45, 2.75) is 13.0 Å². The van der Waals surface area contributed by atoms with Crippen LogP contribution in [0, 0.1) is 0 Å². The van der Waals surface area contributed by atoms with E-state index in [-0.39, 0.29) is 0 Å². The predicted molar refractivity (Wildman–Crippen MR) is 93.3 cm³/mol. The molecule has 0 saturated carbocycles. The SMILES string of the molecule is COc1ccc(CCNc2cc(NCc3ccco3)ncn2)cc1. The van der Waals surface area contributed by atoms with E-state index in [4.69, 9.17) is 9.15 Å². The summed E-state index contributed by atoms with van der Waals surface area (Å²) in [7, 11) is 1.67. The van der Waals surface area contributed by atoms with Crippen LogP contribution in [0.1, 0.15) is 11.3 Å². The molecule has 0 saturated heterocycles. The molecule has 3 rings (SSSR count). The van der Waals surface area contributed by atoms with E-state index in [1.807, 2.05) is 30.3 Å². The average Bonchev–Trinajstić information content (AvgIpc) is 3.15. The molecule has 0 fully saturated rings. The molecular formula is C18H20N4O2. The molecule has 0 aliphatic rings. The van der Waals surface area contributed by atoms with Crippen molar-refractivity contribution in [3.63, 3.8) is 0 Å². The van der Waals surface area contributed by atoms with E-state index < -0.39 is 0 Å². The Bertz CT molecular complexity index is 742. The Hall–Kier alpha value is -3.02. The molecule has 0 atom stereocenters. The van der Waals surface area contributed by atoms with Crippen LogP contribution < -0.4 is 15.4 Å². The minimum atomic E-state index is 0.593. The molecule has 0 spiro atoms. The summed E-state index contributed by atoms with van der Waals surface area (Å²) >= 11 is 0. The van der Waals surface area contributed by atoms with Gasteiger partial charge in [-0.15, -0.1) is 0 Å². The quantitative estimate of drug-likeness (QED) is 0.662. The van der Waals surface area contributed by atoms with Gasteiger partial charge in [-0.05, 0) is 36.2 Å². The average molecular weight is 324 g/mol. The Morgan fingerprint density at radius 2 is 1.83 bits per heavy atom. The Kier molecular flexibility index (Phi) is 5.29. The topological polar surface area (TPSA) is 72.2 Å². The molecule has 0 unspecified atom stereocenters. The van der Waals surface area contributed by atoms with Gasteiger partial charge in [0, 0.05) is 12.6 Å². The van der Waals surface area contributed by atoms with Crippen LogP contribution in [0.3, 0.4) is 0 Å². The lowest BCUT2D eigenvalue weighted by Gasteiger charge is -2.08. The lowest BCUT2D eigenvalue weighted by Crippen LogP contribution is -2.08. The molecular weight excluding hydrogens is 304 g/mol. The third kappa shape index (κ3) is 4.49. The number of anilines is 2. The number of aromatic nitrogens is 2. The van der Waals surface area contributed by atoms with Gasteiger partial charge in [-0.2, -0.15) is 0 Å². The molecule has 6 heteroatoms. The summed E-state index contributed by atoms with van der Waals surface area (Å²) in [5, 5.41) is 6.52. The Balaban J connectivity index is 1.48. The second-order valence-corrected chi connectivity index (χ2v) is 5.25. The monoisotopic (exact) mass is 324 g/mol. The molecule has 24 heavy (non-hydrogen) atoms. The van der Waals surface area contributed by atoms with Crippen LogP contribution in [0.15, 0.2) is 59.5 Å². The summed E-state index contributed by atoms with van der Waals surface area (Å²) < 4.78 is 10.4. The summed E-state index contributed by atoms with van der Waals surface area (Å²) in [6.45, 7) is 1.39. The van der Waals surface area contributed by atoms with Crippen LogP contribution in [0.5, 0.6) is 5.75 Å². The van der Waals surface area contributed by atoms with Gasteiger partial charge in [0.15, 0.2) is 0 Å². The second-order valence-electron chi connectivity index (χ2n) is 5.25. The number of nitrogens with one attached hydrogen (secondary N) is 2. The minimum Gasteiger partial charge on any atom is -0.497 e. The van der Waals surface area contributed by atoms with Gasteiger partial charge in [0.1, 0.15) is 29.5 Å². The van der Waals surface area contributed by atoms with Crippen molar-refractivity contribution in [1.29, 1.82) is 0 Å². The van der Waals surface area contributed by atoms with Crippen molar-refractivity contribution < 1.29 is 9.15 Å². The van der Waals surface area contributed by atoms with Gasteiger partial charge in [0.05, 0.1) is 19.9 Å². The molecule has 0 aliphatic heterocycles. The van der Waals surface area contributed by atoms with Gasteiger partial charge in [-0.25, -0.2) is 9.97 Å². The van der Waals surface area contributed by atoms with Crippen LogP contribution in [0.2, 0.25) is 0 Å². The van der Waals surface area contributed by atoms with Crippen LogP contribution >= 0.6 is 0 Å². The maximum atomic E-state index is 5.29. The molecule has 2 aromatic heterocycles. The van der Waals surface area contributed by atoms with Crippen molar-refractivity contribution >= 4 is 11.6 Å². The highest BCUT2D eigenvalue weighted by atomic mass is 16.5. The first-order valence-electron chi connectivity index (χ1n) is 7.78. The van der Waals surface area contributed by atoms with Crippen molar-refractivity contribution in [2.24, 2.45) is 0 Å². The van der Waals surface area contributed by atoms with E-state index in [1.54, 1.807) is 19.7 Å². The van der Waals surface area contributed by atoms with Gasteiger partial charge in [0.25, 0.3) is 0 Å². The Morgan fingerprint density at radius 3 is 2.54 bits per heavy atom. The highest BCUT2D eigenvalue weighted by Gasteiger charge is 2.01. The van der Waals surface area contributed by atoms with E-state index in [0.29, 0.717) is 6.54 Å².